The van der Waals surface area contributed by atoms with Crippen LogP contribution in [0.3, 0.4) is 0 Å². The Kier molecular flexibility index (Phi) is 5.94. The van der Waals surface area contributed by atoms with Crippen LogP contribution in [0.5, 0.6) is 0 Å². The number of esters is 1. The van der Waals surface area contributed by atoms with Crippen LogP contribution in [-0.4, -0.2) is 22.9 Å². The summed E-state index contributed by atoms with van der Waals surface area (Å²) in [5, 5.41) is 13.8. The molecule has 0 saturated carbocycles. The summed E-state index contributed by atoms with van der Waals surface area (Å²) < 4.78 is 5.19. The van der Waals surface area contributed by atoms with Gasteiger partial charge in [0.1, 0.15) is 0 Å². The van der Waals surface area contributed by atoms with Crippen molar-refractivity contribution < 1.29 is 19.2 Å². The molecule has 8 heteroatoms. The van der Waals surface area contributed by atoms with Gasteiger partial charge in [0.05, 0.1) is 21.6 Å². The Balaban J connectivity index is 1.67. The smallest absolute Gasteiger partial charge is 0.340 e. The van der Waals surface area contributed by atoms with Crippen LogP contribution in [-0.2, 0) is 16.0 Å². The minimum absolute atomic E-state index is 0.0180. The highest BCUT2D eigenvalue weighted by molar-refractivity contribution is 6.33. The van der Waals surface area contributed by atoms with Crippen LogP contribution in [0, 0.1) is 10.1 Å². The van der Waals surface area contributed by atoms with Crippen molar-refractivity contribution in [3.63, 3.8) is 0 Å². The summed E-state index contributed by atoms with van der Waals surface area (Å²) in [6.07, 6.45) is 1.66. The molecule has 1 N–H and O–H groups in total. The maximum atomic E-state index is 12.5. The van der Waals surface area contributed by atoms with Crippen molar-refractivity contribution in [2.75, 3.05) is 0 Å². The van der Waals surface area contributed by atoms with E-state index in [1.165, 1.54) is 24.6 Å². The standard InChI is InChI=1S/C20H19ClN2O5/c1-12(28-20(25)16-11-14(23(26)27)9-10-17(16)21)19(24)22-18-8-4-6-13-5-2-3-7-15(13)18/h2-3,5,7,9-12,18H,4,6,8H2,1H3,(H,22,24)/t12-,18+/m0/s1. The first kappa shape index (κ1) is 19.8. The Hall–Kier alpha value is -2.93. The number of ether oxygens (including phenoxy) is 1. The van der Waals surface area contributed by atoms with Gasteiger partial charge in [-0.25, -0.2) is 4.79 Å². The van der Waals surface area contributed by atoms with E-state index in [1.807, 2.05) is 24.3 Å². The Morgan fingerprint density at radius 3 is 2.79 bits per heavy atom. The number of nitrogens with one attached hydrogen (secondary N) is 1. The van der Waals surface area contributed by atoms with E-state index in [4.69, 9.17) is 16.3 Å². The number of aryl methyl sites for hydroxylation is 1. The molecule has 0 radical (unpaired) electrons. The summed E-state index contributed by atoms with van der Waals surface area (Å²) in [4.78, 5) is 35.1. The lowest BCUT2D eigenvalue weighted by atomic mass is 9.87. The molecule has 0 aliphatic heterocycles. The van der Waals surface area contributed by atoms with Gasteiger partial charge in [-0.2, -0.15) is 0 Å². The number of amides is 1. The molecule has 0 heterocycles. The summed E-state index contributed by atoms with van der Waals surface area (Å²) in [6.45, 7) is 1.45. The van der Waals surface area contributed by atoms with E-state index in [9.17, 15) is 19.7 Å². The zero-order valence-electron chi connectivity index (χ0n) is 15.2. The zero-order chi connectivity index (χ0) is 20.3. The summed E-state index contributed by atoms with van der Waals surface area (Å²) in [6, 6.07) is 11.3. The van der Waals surface area contributed by atoms with Gasteiger partial charge < -0.3 is 10.1 Å². The van der Waals surface area contributed by atoms with Gasteiger partial charge in [-0.1, -0.05) is 35.9 Å². The van der Waals surface area contributed by atoms with E-state index in [2.05, 4.69) is 5.32 Å². The first-order valence-corrected chi connectivity index (χ1v) is 9.27. The van der Waals surface area contributed by atoms with E-state index in [1.54, 1.807) is 0 Å². The number of nitro benzene ring substituents is 1. The highest BCUT2D eigenvalue weighted by Gasteiger charge is 2.26. The van der Waals surface area contributed by atoms with Crippen LogP contribution in [0.25, 0.3) is 0 Å². The summed E-state index contributed by atoms with van der Waals surface area (Å²) in [7, 11) is 0. The molecule has 3 rings (SSSR count). The van der Waals surface area contributed by atoms with Crippen LogP contribution in [0.2, 0.25) is 5.02 Å². The van der Waals surface area contributed by atoms with Gasteiger partial charge in [0.25, 0.3) is 11.6 Å². The fraction of sp³-hybridized carbons (Fsp3) is 0.300. The van der Waals surface area contributed by atoms with Crippen LogP contribution >= 0.6 is 11.6 Å². The molecule has 2 aromatic rings. The summed E-state index contributed by atoms with van der Waals surface area (Å²) in [5.74, 6) is -1.32. The molecular formula is C20H19ClN2O5. The minimum Gasteiger partial charge on any atom is -0.449 e. The van der Waals surface area contributed by atoms with Crippen LogP contribution < -0.4 is 5.32 Å². The average Bonchev–Trinajstić information content (AvgIpc) is 2.68. The average molecular weight is 403 g/mol. The summed E-state index contributed by atoms with van der Waals surface area (Å²) >= 11 is 5.95. The maximum absolute atomic E-state index is 12.5. The summed E-state index contributed by atoms with van der Waals surface area (Å²) in [5.41, 5.74) is 1.83. The third-order valence-electron chi connectivity index (χ3n) is 4.72. The molecule has 7 nitrogen and oxygen atoms in total. The Morgan fingerprint density at radius 1 is 1.29 bits per heavy atom. The number of benzene rings is 2. The molecular weight excluding hydrogens is 384 g/mol. The predicted molar refractivity (Wildman–Crippen MR) is 103 cm³/mol. The van der Waals surface area contributed by atoms with Crippen molar-refractivity contribution in [1.82, 2.24) is 5.32 Å². The van der Waals surface area contributed by atoms with Crippen molar-refractivity contribution in [2.24, 2.45) is 0 Å². The lowest BCUT2D eigenvalue weighted by Crippen LogP contribution is -2.39. The number of non-ortho nitro benzene ring substituents is 1. The SMILES string of the molecule is C[C@H](OC(=O)c1cc([N+](=O)[O-])ccc1Cl)C(=O)N[C@@H]1CCCc2ccccc21. The van der Waals surface area contributed by atoms with E-state index in [-0.39, 0.29) is 22.3 Å². The highest BCUT2D eigenvalue weighted by Crippen LogP contribution is 2.29. The zero-order valence-corrected chi connectivity index (χ0v) is 15.9. The van der Waals surface area contributed by atoms with Gasteiger partial charge in [0.2, 0.25) is 0 Å². The second-order valence-electron chi connectivity index (χ2n) is 6.62. The fourth-order valence-corrected chi connectivity index (χ4v) is 3.45. The fourth-order valence-electron chi connectivity index (χ4n) is 3.25. The predicted octanol–water partition coefficient (Wildman–Crippen LogP) is 3.99. The Labute approximate surface area is 166 Å². The van der Waals surface area contributed by atoms with Crippen LogP contribution in [0.15, 0.2) is 42.5 Å². The van der Waals surface area contributed by atoms with Gasteiger partial charge >= 0.3 is 5.97 Å². The third-order valence-corrected chi connectivity index (χ3v) is 5.05. The normalized spacial score (nSPS) is 16.6. The Morgan fingerprint density at radius 2 is 2.04 bits per heavy atom. The minimum atomic E-state index is -1.07. The molecule has 0 aromatic heterocycles. The van der Waals surface area contributed by atoms with E-state index in [0.717, 1.165) is 30.9 Å². The molecule has 1 aliphatic rings. The number of rotatable bonds is 5. The number of halogens is 1. The van der Waals surface area contributed by atoms with Crippen molar-refractivity contribution in [2.45, 2.75) is 38.3 Å². The van der Waals surface area contributed by atoms with Crippen molar-refractivity contribution in [3.8, 4) is 0 Å². The largest absolute Gasteiger partial charge is 0.449 e. The van der Waals surface area contributed by atoms with Gasteiger partial charge in [0.15, 0.2) is 6.10 Å². The number of hydrogen-bond donors (Lipinski definition) is 1. The van der Waals surface area contributed by atoms with Gasteiger partial charge in [-0.3, -0.25) is 14.9 Å². The number of nitro groups is 1. The second-order valence-corrected chi connectivity index (χ2v) is 7.03. The number of carbonyl (C=O) groups excluding carboxylic acids is 2. The first-order chi connectivity index (χ1) is 13.4. The molecule has 0 fully saturated rings. The molecule has 0 unspecified atom stereocenters. The van der Waals surface area contributed by atoms with E-state index in [0.29, 0.717) is 0 Å². The molecule has 28 heavy (non-hydrogen) atoms. The van der Waals surface area contributed by atoms with Crippen molar-refractivity contribution in [3.05, 3.63) is 74.3 Å². The number of fused-ring (bicyclic) bond motifs is 1. The van der Waals surface area contributed by atoms with Crippen molar-refractivity contribution >= 4 is 29.2 Å². The third kappa shape index (κ3) is 4.31. The van der Waals surface area contributed by atoms with Crippen molar-refractivity contribution in [1.29, 1.82) is 0 Å². The van der Waals surface area contributed by atoms with Crippen LogP contribution in [0.4, 0.5) is 5.69 Å². The van der Waals surface area contributed by atoms with Gasteiger partial charge in [-0.05, 0) is 43.4 Å². The lowest BCUT2D eigenvalue weighted by molar-refractivity contribution is -0.384. The van der Waals surface area contributed by atoms with E-state index < -0.39 is 22.9 Å². The molecule has 0 bridgehead atoms. The second kappa shape index (κ2) is 8.39. The number of hydrogen-bond acceptors (Lipinski definition) is 5. The molecule has 146 valence electrons. The monoisotopic (exact) mass is 402 g/mol. The molecule has 0 spiro atoms. The maximum Gasteiger partial charge on any atom is 0.340 e. The molecule has 2 atom stereocenters. The molecule has 1 aliphatic carbocycles. The van der Waals surface area contributed by atoms with E-state index >= 15 is 0 Å². The van der Waals surface area contributed by atoms with Gasteiger partial charge in [0, 0.05) is 12.1 Å². The molecule has 1 amide bonds. The van der Waals surface area contributed by atoms with Crippen LogP contribution in [0.1, 0.15) is 47.3 Å². The molecule has 0 saturated heterocycles. The molecule has 2 aromatic carbocycles. The topological polar surface area (TPSA) is 98.5 Å². The highest BCUT2D eigenvalue weighted by atomic mass is 35.5. The quantitative estimate of drug-likeness (QED) is 0.463. The van der Waals surface area contributed by atoms with Gasteiger partial charge in [-0.15, -0.1) is 0 Å². The number of nitrogens with zero attached hydrogens (tertiary/aromatic N) is 1. The number of carbonyl (C=O) groups is 2. The lowest BCUT2D eigenvalue weighted by Gasteiger charge is -2.27. The Bertz CT molecular complexity index is 931. The first-order valence-electron chi connectivity index (χ1n) is 8.90.